The molecule has 0 bridgehead atoms. The van der Waals surface area contributed by atoms with Gasteiger partial charge in [0.25, 0.3) is 0 Å². The first-order chi connectivity index (χ1) is 14.6. The number of methoxy groups -OCH3 is 1. The van der Waals surface area contributed by atoms with Gasteiger partial charge in [0, 0.05) is 45.5 Å². The molecule has 30 heavy (non-hydrogen) atoms. The van der Waals surface area contributed by atoms with Gasteiger partial charge in [0.2, 0.25) is 5.95 Å². The van der Waals surface area contributed by atoms with Crippen LogP contribution in [-0.2, 0) is 11.3 Å². The van der Waals surface area contributed by atoms with E-state index in [1.165, 1.54) is 12.0 Å². The summed E-state index contributed by atoms with van der Waals surface area (Å²) in [5, 5.41) is 0. The number of halogens is 1. The molecule has 2 aliphatic rings. The van der Waals surface area contributed by atoms with Gasteiger partial charge in [0.05, 0.1) is 24.8 Å². The van der Waals surface area contributed by atoms with Gasteiger partial charge in [-0.05, 0) is 59.1 Å². The summed E-state index contributed by atoms with van der Waals surface area (Å²) in [6.07, 6.45) is 4.21. The molecule has 1 atom stereocenters. The summed E-state index contributed by atoms with van der Waals surface area (Å²) in [4.78, 5) is 16.5. The summed E-state index contributed by atoms with van der Waals surface area (Å²) in [5.74, 6) is 2.66. The second-order valence-electron chi connectivity index (χ2n) is 7.93. The molecule has 2 saturated heterocycles. The van der Waals surface area contributed by atoms with Crippen molar-refractivity contribution in [2.24, 2.45) is 0 Å². The van der Waals surface area contributed by atoms with Gasteiger partial charge in [-0.2, -0.15) is 4.98 Å². The lowest BCUT2D eigenvalue weighted by atomic mass is 10.0. The van der Waals surface area contributed by atoms with Crippen molar-refractivity contribution in [3.8, 4) is 5.75 Å². The number of hydrogen-bond donors (Lipinski definition) is 0. The van der Waals surface area contributed by atoms with Crippen molar-refractivity contribution in [2.45, 2.75) is 25.4 Å². The molecule has 1 aromatic carbocycles. The first-order valence-corrected chi connectivity index (χ1v) is 11.4. The Hall–Kier alpha value is -1.90. The number of ether oxygens (including phenoxy) is 2. The van der Waals surface area contributed by atoms with Crippen LogP contribution >= 0.6 is 15.9 Å². The van der Waals surface area contributed by atoms with E-state index >= 15 is 0 Å². The van der Waals surface area contributed by atoms with Gasteiger partial charge < -0.3 is 19.3 Å². The van der Waals surface area contributed by atoms with Crippen molar-refractivity contribution >= 4 is 27.7 Å². The third-order valence-electron chi connectivity index (χ3n) is 5.93. The number of hydrogen-bond acceptors (Lipinski definition) is 7. The molecule has 1 aromatic heterocycles. The van der Waals surface area contributed by atoms with Crippen LogP contribution in [0.25, 0.3) is 0 Å². The minimum atomic E-state index is 0.403. The number of morpholine rings is 1. The SMILES string of the molecule is COc1ccc(CN2CCCC(N(C)c3nccc(N4CCOCC4)n3)C2)cc1Br. The molecule has 4 rings (SSSR count). The number of aromatic nitrogens is 2. The van der Waals surface area contributed by atoms with Crippen molar-refractivity contribution in [3.63, 3.8) is 0 Å². The zero-order valence-electron chi connectivity index (χ0n) is 17.8. The summed E-state index contributed by atoms with van der Waals surface area (Å²) < 4.78 is 11.8. The van der Waals surface area contributed by atoms with Gasteiger partial charge in [0.1, 0.15) is 11.6 Å². The zero-order chi connectivity index (χ0) is 20.9. The molecule has 0 spiro atoms. The van der Waals surface area contributed by atoms with Gasteiger partial charge in [0.15, 0.2) is 0 Å². The molecular formula is C22H30BrN5O2. The molecule has 1 unspecified atom stereocenters. The Balaban J connectivity index is 1.41. The number of piperidine rings is 1. The molecular weight excluding hydrogens is 446 g/mol. The molecule has 7 nitrogen and oxygen atoms in total. The lowest BCUT2D eigenvalue weighted by molar-refractivity contribution is 0.122. The third kappa shape index (κ3) is 5.04. The molecule has 0 aliphatic carbocycles. The molecule has 2 aromatic rings. The number of likely N-dealkylation sites (tertiary alicyclic amines) is 1. The fourth-order valence-electron chi connectivity index (χ4n) is 4.20. The Labute approximate surface area is 187 Å². The van der Waals surface area contributed by atoms with Gasteiger partial charge in [-0.1, -0.05) is 6.07 Å². The predicted octanol–water partition coefficient (Wildman–Crippen LogP) is 3.19. The quantitative estimate of drug-likeness (QED) is 0.635. The van der Waals surface area contributed by atoms with Crippen LogP contribution in [-0.4, -0.2) is 74.5 Å². The fraction of sp³-hybridized carbons (Fsp3) is 0.545. The maximum atomic E-state index is 5.46. The van der Waals surface area contributed by atoms with Crippen molar-refractivity contribution in [1.29, 1.82) is 0 Å². The molecule has 162 valence electrons. The molecule has 2 aliphatic heterocycles. The van der Waals surface area contributed by atoms with Gasteiger partial charge in [-0.25, -0.2) is 4.98 Å². The largest absolute Gasteiger partial charge is 0.496 e. The number of benzene rings is 1. The summed E-state index contributed by atoms with van der Waals surface area (Å²) >= 11 is 3.60. The highest BCUT2D eigenvalue weighted by Gasteiger charge is 2.25. The van der Waals surface area contributed by atoms with Gasteiger partial charge >= 0.3 is 0 Å². The number of nitrogens with zero attached hydrogens (tertiary/aromatic N) is 5. The van der Waals surface area contributed by atoms with E-state index in [4.69, 9.17) is 14.5 Å². The van der Waals surface area contributed by atoms with E-state index < -0.39 is 0 Å². The van der Waals surface area contributed by atoms with E-state index in [-0.39, 0.29) is 0 Å². The molecule has 2 fully saturated rings. The lowest BCUT2D eigenvalue weighted by Crippen LogP contribution is -2.47. The molecule has 0 amide bonds. The smallest absolute Gasteiger partial charge is 0.227 e. The van der Waals surface area contributed by atoms with E-state index in [0.717, 1.165) is 74.3 Å². The first-order valence-electron chi connectivity index (χ1n) is 10.6. The van der Waals surface area contributed by atoms with Crippen LogP contribution in [0.5, 0.6) is 5.75 Å². The lowest BCUT2D eigenvalue weighted by Gasteiger charge is -2.38. The molecule has 3 heterocycles. The van der Waals surface area contributed by atoms with Crippen LogP contribution in [0.15, 0.2) is 34.9 Å². The van der Waals surface area contributed by atoms with Gasteiger partial charge in [-0.3, -0.25) is 4.90 Å². The van der Waals surface area contributed by atoms with E-state index in [0.29, 0.717) is 6.04 Å². The minimum Gasteiger partial charge on any atom is -0.496 e. The maximum absolute atomic E-state index is 5.46. The zero-order valence-corrected chi connectivity index (χ0v) is 19.3. The Morgan fingerprint density at radius 1 is 1.23 bits per heavy atom. The third-order valence-corrected chi connectivity index (χ3v) is 6.55. The highest BCUT2D eigenvalue weighted by atomic mass is 79.9. The topological polar surface area (TPSA) is 54.0 Å². The summed E-state index contributed by atoms with van der Waals surface area (Å²) in [5.41, 5.74) is 1.29. The average Bonchev–Trinajstić information content (AvgIpc) is 2.79. The highest BCUT2D eigenvalue weighted by Crippen LogP contribution is 2.27. The average molecular weight is 476 g/mol. The summed E-state index contributed by atoms with van der Waals surface area (Å²) in [6.45, 7) is 6.33. The van der Waals surface area contributed by atoms with Crippen LogP contribution < -0.4 is 14.5 Å². The second kappa shape index (κ2) is 9.94. The maximum Gasteiger partial charge on any atom is 0.227 e. The highest BCUT2D eigenvalue weighted by molar-refractivity contribution is 9.10. The van der Waals surface area contributed by atoms with Crippen molar-refractivity contribution in [1.82, 2.24) is 14.9 Å². The Morgan fingerprint density at radius 2 is 2.07 bits per heavy atom. The van der Waals surface area contributed by atoms with Crippen LogP contribution in [0.2, 0.25) is 0 Å². The van der Waals surface area contributed by atoms with Crippen LogP contribution in [0.3, 0.4) is 0 Å². The summed E-state index contributed by atoms with van der Waals surface area (Å²) in [7, 11) is 3.82. The van der Waals surface area contributed by atoms with Crippen LogP contribution in [0, 0.1) is 0 Å². The summed E-state index contributed by atoms with van der Waals surface area (Å²) in [6, 6.07) is 8.72. The second-order valence-corrected chi connectivity index (χ2v) is 8.78. The molecule has 0 N–H and O–H groups in total. The Bertz CT molecular complexity index is 846. The minimum absolute atomic E-state index is 0.403. The van der Waals surface area contributed by atoms with Gasteiger partial charge in [-0.15, -0.1) is 0 Å². The number of likely N-dealkylation sites (N-methyl/N-ethyl adjacent to an activating group) is 1. The normalized spacial score (nSPS) is 20.2. The van der Waals surface area contributed by atoms with Crippen molar-refractivity contribution in [2.75, 3.05) is 63.4 Å². The van der Waals surface area contributed by atoms with E-state index in [2.05, 4.69) is 54.8 Å². The fourth-order valence-corrected chi connectivity index (χ4v) is 4.79. The van der Waals surface area contributed by atoms with Crippen molar-refractivity contribution < 1.29 is 9.47 Å². The predicted molar refractivity (Wildman–Crippen MR) is 122 cm³/mol. The molecule has 8 heteroatoms. The van der Waals surface area contributed by atoms with E-state index in [1.54, 1.807) is 7.11 Å². The Morgan fingerprint density at radius 3 is 2.83 bits per heavy atom. The Kier molecular flexibility index (Phi) is 7.07. The number of rotatable bonds is 6. The monoisotopic (exact) mass is 475 g/mol. The van der Waals surface area contributed by atoms with Crippen molar-refractivity contribution in [3.05, 3.63) is 40.5 Å². The first kappa shape index (κ1) is 21.3. The standard InChI is InChI=1S/C22H30BrN5O2/c1-26(22-24-8-7-21(25-22)28-10-12-30-13-11-28)18-4-3-9-27(16-18)15-17-5-6-20(29-2)19(23)14-17/h5-8,14,18H,3-4,9-13,15-16H2,1-2H3. The molecule has 0 saturated carbocycles. The molecule has 0 radical (unpaired) electrons. The number of anilines is 2. The van der Waals surface area contributed by atoms with E-state index in [9.17, 15) is 0 Å². The van der Waals surface area contributed by atoms with Crippen LogP contribution in [0.4, 0.5) is 11.8 Å². The van der Waals surface area contributed by atoms with E-state index in [1.807, 2.05) is 18.3 Å². The van der Waals surface area contributed by atoms with Crippen LogP contribution in [0.1, 0.15) is 18.4 Å².